The van der Waals surface area contributed by atoms with Crippen molar-refractivity contribution in [2.75, 3.05) is 0 Å². The predicted molar refractivity (Wildman–Crippen MR) is 104 cm³/mol. The fourth-order valence-electron chi connectivity index (χ4n) is 3.10. The van der Waals surface area contributed by atoms with Crippen molar-refractivity contribution in [3.63, 3.8) is 0 Å². The highest BCUT2D eigenvalue weighted by molar-refractivity contribution is 5.82. The van der Waals surface area contributed by atoms with Gasteiger partial charge in [0.05, 0.1) is 0 Å². The van der Waals surface area contributed by atoms with Crippen molar-refractivity contribution < 1.29 is 13.2 Å². The second kappa shape index (κ2) is 8.30. The Balaban J connectivity index is 1.79. The smallest absolute Gasteiger partial charge is 0.346 e. The van der Waals surface area contributed by atoms with Crippen molar-refractivity contribution in [1.82, 2.24) is 0 Å². The number of fused-ring (bicyclic) bond motifs is 1. The standard InChI is InChI=1S/C23H22F2O2/c1-3-6-19-14-18-12-11-17(22(25)21(18)23(26)27-19)8-5-4-7-16-10-9-15(2)13-20(16)24/h4-5,9-14H,3,6-8H2,1-2H3/b5-4+. The Morgan fingerprint density at radius 1 is 1.00 bits per heavy atom. The third kappa shape index (κ3) is 4.33. The lowest BCUT2D eigenvalue weighted by Crippen LogP contribution is -2.06. The van der Waals surface area contributed by atoms with Crippen LogP contribution in [0, 0.1) is 18.6 Å². The molecule has 0 radical (unpaired) electrons. The minimum Gasteiger partial charge on any atom is -0.427 e. The molecule has 0 amide bonds. The van der Waals surface area contributed by atoms with Gasteiger partial charge in [-0.1, -0.05) is 43.3 Å². The highest BCUT2D eigenvalue weighted by atomic mass is 19.1. The number of hydrogen-bond acceptors (Lipinski definition) is 2. The lowest BCUT2D eigenvalue weighted by atomic mass is 10.0. The van der Waals surface area contributed by atoms with Gasteiger partial charge in [0.1, 0.15) is 22.8 Å². The van der Waals surface area contributed by atoms with Gasteiger partial charge in [-0.15, -0.1) is 0 Å². The molecular weight excluding hydrogens is 346 g/mol. The zero-order valence-corrected chi connectivity index (χ0v) is 15.5. The van der Waals surface area contributed by atoms with E-state index in [4.69, 9.17) is 4.42 Å². The molecule has 4 heteroatoms. The number of benzene rings is 2. The molecule has 0 spiro atoms. The second-order valence-corrected chi connectivity index (χ2v) is 6.73. The first-order valence-corrected chi connectivity index (χ1v) is 9.13. The van der Waals surface area contributed by atoms with Crippen molar-refractivity contribution in [2.45, 2.75) is 39.5 Å². The van der Waals surface area contributed by atoms with Crippen molar-refractivity contribution >= 4 is 10.8 Å². The van der Waals surface area contributed by atoms with E-state index in [1.165, 1.54) is 6.07 Å². The average Bonchev–Trinajstić information content (AvgIpc) is 2.62. The summed E-state index contributed by atoms with van der Waals surface area (Å²) in [6.07, 6.45) is 5.85. The van der Waals surface area contributed by atoms with Gasteiger partial charge in [0.25, 0.3) is 0 Å². The van der Waals surface area contributed by atoms with Crippen LogP contribution in [-0.4, -0.2) is 0 Å². The van der Waals surface area contributed by atoms with Gasteiger partial charge in [-0.2, -0.15) is 0 Å². The molecule has 0 N–H and O–H groups in total. The van der Waals surface area contributed by atoms with E-state index >= 15 is 0 Å². The molecule has 140 valence electrons. The monoisotopic (exact) mass is 368 g/mol. The Bertz CT molecular complexity index is 1050. The van der Waals surface area contributed by atoms with E-state index in [2.05, 4.69) is 0 Å². The van der Waals surface area contributed by atoms with Gasteiger partial charge < -0.3 is 4.42 Å². The van der Waals surface area contributed by atoms with Crippen LogP contribution in [0.3, 0.4) is 0 Å². The van der Waals surface area contributed by atoms with Crippen molar-refractivity contribution in [2.24, 2.45) is 0 Å². The maximum Gasteiger partial charge on any atom is 0.346 e. The molecule has 0 aliphatic heterocycles. The van der Waals surface area contributed by atoms with Gasteiger partial charge in [0, 0.05) is 6.42 Å². The van der Waals surface area contributed by atoms with Crippen LogP contribution in [-0.2, 0) is 19.3 Å². The second-order valence-electron chi connectivity index (χ2n) is 6.73. The van der Waals surface area contributed by atoms with Crippen LogP contribution >= 0.6 is 0 Å². The number of rotatable bonds is 6. The lowest BCUT2D eigenvalue weighted by Gasteiger charge is -2.06. The van der Waals surface area contributed by atoms with Gasteiger partial charge in [0.15, 0.2) is 0 Å². The molecule has 0 unspecified atom stereocenters. The summed E-state index contributed by atoms with van der Waals surface area (Å²) in [5.41, 5.74) is 1.25. The maximum absolute atomic E-state index is 14.8. The van der Waals surface area contributed by atoms with Gasteiger partial charge in [0.2, 0.25) is 0 Å². The summed E-state index contributed by atoms with van der Waals surface area (Å²) >= 11 is 0. The average molecular weight is 368 g/mol. The quantitative estimate of drug-likeness (QED) is 0.525. The van der Waals surface area contributed by atoms with Crippen LogP contribution in [0.1, 0.15) is 35.8 Å². The zero-order valence-electron chi connectivity index (χ0n) is 15.5. The van der Waals surface area contributed by atoms with Crippen LogP contribution in [0.2, 0.25) is 0 Å². The Labute approximate surface area is 157 Å². The number of allylic oxidation sites excluding steroid dienone is 2. The molecule has 2 aromatic carbocycles. The first-order valence-electron chi connectivity index (χ1n) is 9.13. The van der Waals surface area contributed by atoms with Crippen LogP contribution in [0.15, 0.2) is 57.8 Å². The zero-order chi connectivity index (χ0) is 19.4. The fourth-order valence-corrected chi connectivity index (χ4v) is 3.10. The molecule has 0 aliphatic rings. The lowest BCUT2D eigenvalue weighted by molar-refractivity contribution is 0.461. The van der Waals surface area contributed by atoms with E-state index in [9.17, 15) is 13.6 Å². The molecule has 3 rings (SSSR count). The van der Waals surface area contributed by atoms with Crippen LogP contribution in [0.5, 0.6) is 0 Å². The van der Waals surface area contributed by atoms with E-state index in [0.717, 1.165) is 12.0 Å². The van der Waals surface area contributed by atoms with Gasteiger partial charge in [-0.25, -0.2) is 13.6 Å². The number of aryl methyl sites for hydroxylation is 2. The molecule has 0 bridgehead atoms. The molecular formula is C23H22F2O2. The normalized spacial score (nSPS) is 11.6. The first kappa shape index (κ1) is 19.0. The van der Waals surface area contributed by atoms with Crippen molar-refractivity contribution in [3.8, 4) is 0 Å². The first-order chi connectivity index (χ1) is 13.0. The summed E-state index contributed by atoms with van der Waals surface area (Å²) in [4.78, 5) is 12.2. The van der Waals surface area contributed by atoms with Gasteiger partial charge >= 0.3 is 5.63 Å². The molecule has 1 aromatic heterocycles. The van der Waals surface area contributed by atoms with Gasteiger partial charge in [-0.05, 0) is 60.4 Å². The maximum atomic E-state index is 14.8. The third-order valence-corrected chi connectivity index (χ3v) is 4.55. The summed E-state index contributed by atoms with van der Waals surface area (Å²) in [7, 11) is 0. The number of hydrogen-bond donors (Lipinski definition) is 0. The number of halogens is 2. The summed E-state index contributed by atoms with van der Waals surface area (Å²) in [5, 5.41) is 0.548. The predicted octanol–water partition coefficient (Wildman–Crippen LogP) is 5.67. The van der Waals surface area contributed by atoms with Crippen LogP contribution < -0.4 is 5.63 Å². The molecule has 27 heavy (non-hydrogen) atoms. The minimum absolute atomic E-state index is 0.00895. The Kier molecular flexibility index (Phi) is 5.84. The Morgan fingerprint density at radius 3 is 2.41 bits per heavy atom. The Hall–Kier alpha value is -2.75. The van der Waals surface area contributed by atoms with Crippen molar-refractivity contribution in [3.05, 3.63) is 93.1 Å². The molecule has 0 fully saturated rings. The van der Waals surface area contributed by atoms with Crippen molar-refractivity contribution in [1.29, 1.82) is 0 Å². The SMILES string of the molecule is CCCc1cc2ccc(C/C=C/Cc3ccc(C)cc3F)c(F)c2c(=O)o1. The topological polar surface area (TPSA) is 30.2 Å². The third-order valence-electron chi connectivity index (χ3n) is 4.55. The van der Waals surface area contributed by atoms with Crippen LogP contribution in [0.4, 0.5) is 8.78 Å². The fraction of sp³-hybridized carbons (Fsp3) is 0.261. The van der Waals surface area contributed by atoms with E-state index in [0.29, 0.717) is 41.5 Å². The molecule has 2 nitrogen and oxygen atoms in total. The molecule has 0 saturated heterocycles. The van der Waals surface area contributed by atoms with E-state index in [-0.39, 0.29) is 11.2 Å². The van der Waals surface area contributed by atoms with E-state index < -0.39 is 11.4 Å². The van der Waals surface area contributed by atoms with E-state index in [1.54, 1.807) is 30.3 Å². The summed E-state index contributed by atoms with van der Waals surface area (Å²) < 4.78 is 33.8. The van der Waals surface area contributed by atoms with E-state index in [1.807, 2.05) is 26.0 Å². The molecule has 3 aromatic rings. The minimum atomic E-state index is -0.638. The Morgan fingerprint density at radius 2 is 1.70 bits per heavy atom. The molecule has 1 heterocycles. The highest BCUT2D eigenvalue weighted by Crippen LogP contribution is 2.21. The molecule has 0 saturated carbocycles. The largest absolute Gasteiger partial charge is 0.427 e. The highest BCUT2D eigenvalue weighted by Gasteiger charge is 2.12. The summed E-state index contributed by atoms with van der Waals surface area (Å²) in [6.45, 7) is 3.83. The molecule has 0 atom stereocenters. The van der Waals surface area contributed by atoms with Crippen LogP contribution in [0.25, 0.3) is 10.8 Å². The summed E-state index contributed by atoms with van der Waals surface area (Å²) in [5.74, 6) is -0.213. The summed E-state index contributed by atoms with van der Waals surface area (Å²) in [6, 6.07) is 10.3. The molecule has 0 aliphatic carbocycles. The van der Waals surface area contributed by atoms with Gasteiger partial charge in [-0.3, -0.25) is 0 Å².